The highest BCUT2D eigenvalue weighted by atomic mass is 32.2. The van der Waals surface area contributed by atoms with E-state index in [-0.39, 0.29) is 11.2 Å². The molecule has 1 aliphatic heterocycles. The van der Waals surface area contributed by atoms with Crippen LogP contribution in [0.4, 0.5) is 5.69 Å². The molecular weight excluding hydrogens is 198 g/mol. The Bertz CT molecular complexity index is 378. The molecule has 4 heteroatoms. The molecule has 1 aromatic rings. The Morgan fingerprint density at radius 1 is 1.50 bits per heavy atom. The fourth-order valence-electron chi connectivity index (χ4n) is 1.32. The highest BCUT2D eigenvalue weighted by Crippen LogP contribution is 2.36. The van der Waals surface area contributed by atoms with E-state index < -0.39 is 0 Å². The zero-order valence-corrected chi connectivity index (χ0v) is 8.85. The Labute approximate surface area is 86.8 Å². The number of thioether (sulfide) groups is 1. The van der Waals surface area contributed by atoms with Crippen molar-refractivity contribution in [1.29, 1.82) is 0 Å². The average Bonchev–Trinajstić information content (AvgIpc) is 2.19. The Kier molecular flexibility index (Phi) is 2.37. The van der Waals surface area contributed by atoms with E-state index >= 15 is 0 Å². The summed E-state index contributed by atoms with van der Waals surface area (Å²) in [6, 6.07) is 5.58. The Hall–Kier alpha value is -1.16. The molecule has 0 aliphatic carbocycles. The number of fused-ring (bicyclic) bond motifs is 1. The quantitative estimate of drug-likeness (QED) is 0.769. The van der Waals surface area contributed by atoms with E-state index in [1.165, 1.54) is 11.8 Å². The van der Waals surface area contributed by atoms with E-state index in [2.05, 4.69) is 5.32 Å². The highest BCUT2D eigenvalue weighted by Gasteiger charge is 2.22. The summed E-state index contributed by atoms with van der Waals surface area (Å²) < 4.78 is 5.09. The second kappa shape index (κ2) is 3.53. The number of anilines is 1. The zero-order valence-electron chi connectivity index (χ0n) is 8.03. The topological polar surface area (TPSA) is 38.3 Å². The number of hydrogen-bond acceptors (Lipinski definition) is 4. The van der Waals surface area contributed by atoms with Gasteiger partial charge in [-0.1, -0.05) is 0 Å². The summed E-state index contributed by atoms with van der Waals surface area (Å²) >= 11 is 1.27. The lowest BCUT2D eigenvalue weighted by Crippen LogP contribution is -2.27. The van der Waals surface area contributed by atoms with Crippen molar-refractivity contribution in [3.63, 3.8) is 0 Å². The Morgan fingerprint density at radius 2 is 2.29 bits per heavy atom. The third kappa shape index (κ3) is 1.57. The minimum atomic E-state index is -0.110. The maximum atomic E-state index is 11.4. The van der Waals surface area contributed by atoms with E-state index in [4.69, 9.17) is 4.74 Å². The predicted octanol–water partition coefficient (Wildman–Crippen LogP) is 2.13. The molecule has 1 N–H and O–H groups in total. The smallest absolute Gasteiger partial charge is 0.215 e. The highest BCUT2D eigenvalue weighted by molar-refractivity contribution is 8.14. The summed E-state index contributed by atoms with van der Waals surface area (Å²) in [7, 11) is 1.62. The van der Waals surface area contributed by atoms with Gasteiger partial charge in [0, 0.05) is 10.6 Å². The van der Waals surface area contributed by atoms with Crippen molar-refractivity contribution in [1.82, 2.24) is 0 Å². The molecule has 0 radical (unpaired) electrons. The molecule has 1 unspecified atom stereocenters. The van der Waals surface area contributed by atoms with Crippen molar-refractivity contribution in [2.45, 2.75) is 17.9 Å². The van der Waals surface area contributed by atoms with Crippen molar-refractivity contribution in [3.8, 4) is 5.75 Å². The first-order valence-corrected chi connectivity index (χ1v) is 5.18. The molecule has 0 fully saturated rings. The molecule has 0 spiro atoms. The molecule has 14 heavy (non-hydrogen) atoms. The van der Waals surface area contributed by atoms with Gasteiger partial charge in [-0.2, -0.15) is 0 Å². The van der Waals surface area contributed by atoms with Gasteiger partial charge in [0.1, 0.15) is 5.75 Å². The molecule has 0 saturated heterocycles. The largest absolute Gasteiger partial charge is 0.497 e. The lowest BCUT2D eigenvalue weighted by Gasteiger charge is -2.22. The number of ether oxygens (including phenoxy) is 1. The molecular formula is C10H11NO2S. The number of carbonyl (C=O) groups is 1. The van der Waals surface area contributed by atoms with Gasteiger partial charge in [-0.25, -0.2) is 0 Å². The molecule has 74 valence electrons. The van der Waals surface area contributed by atoms with Crippen molar-refractivity contribution in [2.24, 2.45) is 0 Å². The fourth-order valence-corrected chi connectivity index (χ4v) is 2.19. The normalized spacial score (nSPS) is 19.9. The molecule has 0 saturated carbocycles. The maximum absolute atomic E-state index is 11.4. The third-order valence-corrected chi connectivity index (χ3v) is 3.24. The summed E-state index contributed by atoms with van der Waals surface area (Å²) in [5.41, 5.74) is 1.00. The van der Waals surface area contributed by atoms with Gasteiger partial charge >= 0.3 is 0 Å². The van der Waals surface area contributed by atoms with Gasteiger partial charge in [-0.15, -0.1) is 0 Å². The molecule has 1 atom stereocenters. The van der Waals surface area contributed by atoms with Gasteiger partial charge in [0.15, 0.2) is 0 Å². The van der Waals surface area contributed by atoms with E-state index in [1.54, 1.807) is 7.11 Å². The SMILES string of the molecule is COc1ccc2c(c1)SC(=O)C(C)N2. The van der Waals surface area contributed by atoms with Crippen LogP contribution in [0, 0.1) is 0 Å². The molecule has 0 bridgehead atoms. The first-order chi connectivity index (χ1) is 6.70. The molecule has 2 rings (SSSR count). The zero-order chi connectivity index (χ0) is 10.1. The van der Waals surface area contributed by atoms with Crippen LogP contribution in [0.1, 0.15) is 6.92 Å². The number of carbonyl (C=O) groups excluding carboxylic acids is 1. The first-order valence-electron chi connectivity index (χ1n) is 4.37. The summed E-state index contributed by atoms with van der Waals surface area (Å²) in [4.78, 5) is 12.4. The molecule has 1 heterocycles. The third-order valence-electron chi connectivity index (χ3n) is 2.12. The van der Waals surface area contributed by atoms with E-state index in [0.717, 1.165) is 16.3 Å². The molecule has 0 aromatic heterocycles. The summed E-state index contributed by atoms with van der Waals surface area (Å²) in [6.45, 7) is 1.86. The van der Waals surface area contributed by atoms with E-state index in [0.29, 0.717) is 0 Å². The Morgan fingerprint density at radius 3 is 3.00 bits per heavy atom. The van der Waals surface area contributed by atoms with Crippen LogP contribution >= 0.6 is 11.8 Å². The van der Waals surface area contributed by atoms with Gasteiger partial charge in [0.2, 0.25) is 5.12 Å². The lowest BCUT2D eigenvalue weighted by molar-refractivity contribution is -0.111. The lowest BCUT2D eigenvalue weighted by atomic mass is 10.2. The van der Waals surface area contributed by atoms with Crippen molar-refractivity contribution < 1.29 is 9.53 Å². The van der Waals surface area contributed by atoms with Crippen molar-refractivity contribution >= 4 is 22.6 Å². The van der Waals surface area contributed by atoms with Crippen LogP contribution < -0.4 is 10.1 Å². The van der Waals surface area contributed by atoms with Gasteiger partial charge in [0.05, 0.1) is 13.2 Å². The van der Waals surface area contributed by atoms with Crippen LogP contribution in [-0.4, -0.2) is 18.3 Å². The minimum Gasteiger partial charge on any atom is -0.497 e. The second-order valence-corrected chi connectivity index (χ2v) is 4.20. The minimum absolute atomic E-state index is 0.110. The molecule has 3 nitrogen and oxygen atoms in total. The summed E-state index contributed by atoms with van der Waals surface area (Å²) in [6.07, 6.45) is 0. The average molecular weight is 209 g/mol. The van der Waals surface area contributed by atoms with Crippen LogP contribution in [0.3, 0.4) is 0 Å². The number of benzene rings is 1. The Balaban J connectivity index is 2.37. The van der Waals surface area contributed by atoms with Gasteiger partial charge < -0.3 is 10.1 Å². The number of rotatable bonds is 1. The second-order valence-electron chi connectivity index (χ2n) is 3.15. The maximum Gasteiger partial charge on any atom is 0.215 e. The monoisotopic (exact) mass is 209 g/mol. The number of nitrogens with one attached hydrogen (secondary N) is 1. The standard InChI is InChI=1S/C10H11NO2S/c1-6-10(12)14-9-5-7(13-2)3-4-8(9)11-6/h3-6,11H,1-2H3. The van der Waals surface area contributed by atoms with Crippen molar-refractivity contribution in [3.05, 3.63) is 18.2 Å². The molecule has 1 aromatic carbocycles. The number of methoxy groups -OCH3 is 1. The van der Waals surface area contributed by atoms with Crippen molar-refractivity contribution in [2.75, 3.05) is 12.4 Å². The molecule has 0 amide bonds. The van der Waals surface area contributed by atoms with E-state index in [1.807, 2.05) is 25.1 Å². The summed E-state index contributed by atoms with van der Waals surface area (Å²) in [5.74, 6) is 0.778. The fraction of sp³-hybridized carbons (Fsp3) is 0.300. The number of hydrogen-bond donors (Lipinski definition) is 1. The summed E-state index contributed by atoms with van der Waals surface area (Å²) in [5, 5.41) is 3.28. The van der Waals surface area contributed by atoms with Crippen LogP contribution in [0.2, 0.25) is 0 Å². The van der Waals surface area contributed by atoms with Crippen LogP contribution in [0.25, 0.3) is 0 Å². The van der Waals surface area contributed by atoms with Crippen LogP contribution in [0.5, 0.6) is 5.75 Å². The van der Waals surface area contributed by atoms with Crippen LogP contribution in [-0.2, 0) is 4.79 Å². The van der Waals surface area contributed by atoms with Gasteiger partial charge in [0.25, 0.3) is 0 Å². The van der Waals surface area contributed by atoms with Crippen LogP contribution in [0.15, 0.2) is 23.1 Å². The first kappa shape index (κ1) is 9.40. The van der Waals surface area contributed by atoms with Gasteiger partial charge in [-0.3, -0.25) is 4.79 Å². The van der Waals surface area contributed by atoms with E-state index in [9.17, 15) is 4.79 Å². The van der Waals surface area contributed by atoms with Gasteiger partial charge in [-0.05, 0) is 36.9 Å². The molecule has 1 aliphatic rings. The predicted molar refractivity (Wildman–Crippen MR) is 56.9 cm³/mol.